The first kappa shape index (κ1) is 13.8. The van der Waals surface area contributed by atoms with E-state index in [1.807, 2.05) is 11.8 Å². The summed E-state index contributed by atoms with van der Waals surface area (Å²) in [6, 6.07) is 0. The smallest absolute Gasteiger partial charge is 0.274 e. The number of carbonyl (C=O) groups is 1. The molecule has 2 aliphatic rings. The second-order valence-corrected chi connectivity index (χ2v) is 6.77. The van der Waals surface area contributed by atoms with E-state index in [-0.39, 0.29) is 5.91 Å². The Bertz CT molecular complexity index is 699. The summed E-state index contributed by atoms with van der Waals surface area (Å²) in [5.74, 6) is 0.0781. The molecule has 1 amide bonds. The fourth-order valence-corrected chi connectivity index (χ4v) is 4.09. The van der Waals surface area contributed by atoms with Crippen LogP contribution in [0.15, 0.2) is 5.38 Å². The van der Waals surface area contributed by atoms with Gasteiger partial charge in [-0.3, -0.25) is 9.89 Å². The Hall–Kier alpha value is -1.89. The second kappa shape index (κ2) is 5.39. The molecule has 0 unspecified atom stereocenters. The van der Waals surface area contributed by atoms with E-state index >= 15 is 0 Å². The normalized spacial score (nSPS) is 17.9. The van der Waals surface area contributed by atoms with Crippen molar-refractivity contribution in [3.05, 3.63) is 28.0 Å². The highest BCUT2D eigenvalue weighted by molar-refractivity contribution is 7.13. The van der Waals surface area contributed by atoms with Gasteiger partial charge >= 0.3 is 0 Å². The monoisotopic (exact) mass is 317 g/mol. The van der Waals surface area contributed by atoms with Gasteiger partial charge in [-0.15, -0.1) is 11.3 Å². The van der Waals surface area contributed by atoms with Gasteiger partial charge in [0.1, 0.15) is 0 Å². The maximum atomic E-state index is 12.7. The molecule has 0 aromatic carbocycles. The third kappa shape index (κ3) is 2.29. The number of amides is 1. The molecule has 0 spiro atoms. The van der Waals surface area contributed by atoms with E-state index in [9.17, 15) is 4.79 Å². The molecule has 1 aliphatic heterocycles. The van der Waals surface area contributed by atoms with Crippen LogP contribution < -0.4 is 4.90 Å². The fraction of sp³-hybridized carbons (Fsp3) is 0.533. The molecule has 2 aromatic rings. The molecule has 7 heteroatoms. The van der Waals surface area contributed by atoms with Crippen LogP contribution in [0.1, 0.15) is 33.9 Å². The molecule has 1 fully saturated rings. The highest BCUT2D eigenvalue weighted by Crippen LogP contribution is 2.25. The molecule has 0 bridgehead atoms. The Morgan fingerprint density at radius 2 is 2.09 bits per heavy atom. The number of H-pyrrole nitrogens is 1. The van der Waals surface area contributed by atoms with Gasteiger partial charge in [0, 0.05) is 42.8 Å². The van der Waals surface area contributed by atoms with Crippen molar-refractivity contribution in [1.82, 2.24) is 20.1 Å². The molecule has 0 saturated carbocycles. The molecule has 1 N–H and O–H groups in total. The third-order valence-corrected chi connectivity index (χ3v) is 5.47. The first-order chi connectivity index (χ1) is 10.7. The maximum Gasteiger partial charge on any atom is 0.274 e. The van der Waals surface area contributed by atoms with E-state index in [1.165, 1.54) is 0 Å². The molecule has 1 aliphatic carbocycles. The molecule has 0 radical (unpaired) electrons. The summed E-state index contributed by atoms with van der Waals surface area (Å²) in [5, 5.41) is 10.4. The lowest BCUT2D eigenvalue weighted by Crippen LogP contribution is -2.49. The molecular formula is C15H19N5OS. The first-order valence-electron chi connectivity index (χ1n) is 7.75. The van der Waals surface area contributed by atoms with Crippen LogP contribution in [0.25, 0.3) is 0 Å². The van der Waals surface area contributed by atoms with Gasteiger partial charge in [0.25, 0.3) is 5.91 Å². The van der Waals surface area contributed by atoms with Crippen LogP contribution in [-0.2, 0) is 12.8 Å². The van der Waals surface area contributed by atoms with Crippen molar-refractivity contribution in [3.63, 3.8) is 0 Å². The molecule has 0 atom stereocenters. The number of aromatic nitrogens is 3. The summed E-state index contributed by atoms with van der Waals surface area (Å²) in [6.07, 6.45) is 3.12. The van der Waals surface area contributed by atoms with Crippen LogP contribution >= 0.6 is 11.3 Å². The molecular weight excluding hydrogens is 298 g/mol. The van der Waals surface area contributed by atoms with E-state index in [0.717, 1.165) is 67.5 Å². The largest absolute Gasteiger partial charge is 0.345 e. The number of hydrogen-bond acceptors (Lipinski definition) is 5. The van der Waals surface area contributed by atoms with Gasteiger partial charge in [-0.1, -0.05) is 0 Å². The lowest BCUT2D eigenvalue weighted by atomic mass is 10.1. The van der Waals surface area contributed by atoms with Gasteiger partial charge < -0.3 is 9.80 Å². The van der Waals surface area contributed by atoms with E-state index in [0.29, 0.717) is 5.69 Å². The quantitative estimate of drug-likeness (QED) is 0.914. The van der Waals surface area contributed by atoms with Crippen LogP contribution in [0, 0.1) is 6.92 Å². The van der Waals surface area contributed by atoms with Crippen molar-refractivity contribution in [2.24, 2.45) is 0 Å². The number of thiazole rings is 1. The van der Waals surface area contributed by atoms with E-state index in [4.69, 9.17) is 0 Å². The molecule has 116 valence electrons. The average Bonchev–Trinajstić information content (AvgIpc) is 3.23. The highest BCUT2D eigenvalue weighted by Gasteiger charge is 2.29. The number of hydrogen-bond donors (Lipinski definition) is 1. The second-order valence-electron chi connectivity index (χ2n) is 5.93. The van der Waals surface area contributed by atoms with Crippen molar-refractivity contribution < 1.29 is 4.79 Å². The zero-order valence-electron chi connectivity index (χ0n) is 12.6. The van der Waals surface area contributed by atoms with Gasteiger partial charge in [0.15, 0.2) is 10.8 Å². The number of aryl methyl sites for hydroxylation is 2. The van der Waals surface area contributed by atoms with Crippen LogP contribution in [0.2, 0.25) is 0 Å². The first-order valence-corrected chi connectivity index (χ1v) is 8.63. The zero-order valence-corrected chi connectivity index (χ0v) is 13.4. The number of aromatic amines is 1. The molecule has 6 nitrogen and oxygen atoms in total. The summed E-state index contributed by atoms with van der Waals surface area (Å²) in [5.41, 5.74) is 4.00. The Morgan fingerprint density at radius 1 is 1.27 bits per heavy atom. The van der Waals surface area contributed by atoms with Crippen molar-refractivity contribution in [3.8, 4) is 0 Å². The fourth-order valence-electron chi connectivity index (χ4n) is 3.23. The third-order valence-electron chi connectivity index (χ3n) is 4.45. The minimum absolute atomic E-state index is 0.0781. The van der Waals surface area contributed by atoms with Gasteiger partial charge in [-0.05, 0) is 26.2 Å². The summed E-state index contributed by atoms with van der Waals surface area (Å²) in [7, 11) is 0. The van der Waals surface area contributed by atoms with Gasteiger partial charge in [0.2, 0.25) is 0 Å². The molecule has 3 heterocycles. The van der Waals surface area contributed by atoms with Gasteiger partial charge in [0.05, 0.1) is 5.69 Å². The van der Waals surface area contributed by atoms with Crippen LogP contribution in [0.5, 0.6) is 0 Å². The Labute approximate surface area is 133 Å². The van der Waals surface area contributed by atoms with Crippen molar-refractivity contribution in [2.75, 3.05) is 31.1 Å². The number of nitrogens with one attached hydrogen (secondary N) is 1. The Kier molecular flexibility index (Phi) is 3.37. The Morgan fingerprint density at radius 3 is 2.82 bits per heavy atom. The zero-order chi connectivity index (χ0) is 15.1. The maximum absolute atomic E-state index is 12.7. The van der Waals surface area contributed by atoms with Crippen LogP contribution in [-0.4, -0.2) is 52.2 Å². The lowest BCUT2D eigenvalue weighted by Gasteiger charge is -2.34. The summed E-state index contributed by atoms with van der Waals surface area (Å²) in [4.78, 5) is 21.4. The number of carbonyl (C=O) groups excluding carboxylic acids is 1. The predicted octanol–water partition coefficient (Wildman–Crippen LogP) is 1.63. The van der Waals surface area contributed by atoms with Crippen molar-refractivity contribution >= 4 is 22.4 Å². The summed E-state index contributed by atoms with van der Waals surface area (Å²) < 4.78 is 0. The molecule has 2 aromatic heterocycles. The Balaban J connectivity index is 1.44. The SMILES string of the molecule is Cc1csc(N2CCN(C(=O)c3n[nH]c4c3CCC4)CC2)n1. The number of fused-ring (bicyclic) bond motifs is 1. The molecule has 4 rings (SSSR count). The minimum atomic E-state index is 0.0781. The number of anilines is 1. The van der Waals surface area contributed by atoms with Crippen molar-refractivity contribution in [2.45, 2.75) is 26.2 Å². The predicted molar refractivity (Wildman–Crippen MR) is 85.6 cm³/mol. The minimum Gasteiger partial charge on any atom is -0.345 e. The number of piperazine rings is 1. The molecule has 1 saturated heterocycles. The van der Waals surface area contributed by atoms with Crippen LogP contribution in [0.4, 0.5) is 5.13 Å². The summed E-state index contributed by atoms with van der Waals surface area (Å²) >= 11 is 1.67. The average molecular weight is 317 g/mol. The van der Waals surface area contributed by atoms with Gasteiger partial charge in [-0.25, -0.2) is 4.98 Å². The standard InChI is InChI=1S/C15H19N5OS/c1-10-9-22-15(16-10)20-7-5-19(6-8-20)14(21)13-11-3-2-4-12(11)17-18-13/h9H,2-8H2,1H3,(H,17,18). The lowest BCUT2D eigenvalue weighted by molar-refractivity contribution is 0.0739. The van der Waals surface area contributed by atoms with E-state index < -0.39 is 0 Å². The number of rotatable bonds is 2. The molecule has 22 heavy (non-hydrogen) atoms. The summed E-state index contributed by atoms with van der Waals surface area (Å²) in [6.45, 7) is 5.16. The number of nitrogens with zero attached hydrogens (tertiary/aromatic N) is 4. The topological polar surface area (TPSA) is 65.1 Å². The highest BCUT2D eigenvalue weighted by atomic mass is 32.1. The van der Waals surface area contributed by atoms with Crippen LogP contribution in [0.3, 0.4) is 0 Å². The van der Waals surface area contributed by atoms with E-state index in [2.05, 4.69) is 25.5 Å². The van der Waals surface area contributed by atoms with E-state index in [1.54, 1.807) is 11.3 Å². The van der Waals surface area contributed by atoms with Gasteiger partial charge in [-0.2, -0.15) is 5.10 Å². The van der Waals surface area contributed by atoms with Crippen molar-refractivity contribution in [1.29, 1.82) is 0 Å².